The summed E-state index contributed by atoms with van der Waals surface area (Å²) in [7, 11) is -9.22. The Hall–Kier alpha value is -0.470. The summed E-state index contributed by atoms with van der Waals surface area (Å²) in [5, 5.41) is 0. The number of sulfonamides is 1. The molecule has 10 heteroatoms. The predicted molar refractivity (Wildman–Crippen MR) is 49.7 cm³/mol. The molecule has 0 atom stereocenters. The maximum atomic E-state index is 11.1. The number of hydrogen-bond acceptors (Lipinski definition) is 5. The summed E-state index contributed by atoms with van der Waals surface area (Å²) >= 11 is 0. The van der Waals surface area contributed by atoms with Gasteiger partial charge in [-0.1, -0.05) is 11.4 Å². The van der Waals surface area contributed by atoms with E-state index in [4.69, 9.17) is 9.79 Å². The number of amides is 1. The molecule has 0 unspecified atom stereocenters. The van der Waals surface area contributed by atoms with Crippen LogP contribution in [0.5, 0.6) is 0 Å². The number of rotatable bonds is 5. The van der Waals surface area contributed by atoms with Gasteiger partial charge in [-0.05, 0) is 6.42 Å². The quantitative estimate of drug-likeness (QED) is 0.510. The fourth-order valence-electron chi connectivity index (χ4n) is 0.693. The fourth-order valence-corrected chi connectivity index (χ4v) is 2.18. The van der Waals surface area contributed by atoms with Gasteiger partial charge in [0.2, 0.25) is 0 Å². The first-order valence-electron chi connectivity index (χ1n) is 3.86. The van der Waals surface area contributed by atoms with Gasteiger partial charge >= 0.3 is 7.82 Å². The number of hydroxylamine groups is 1. The molecule has 0 aromatic carbocycles. The minimum atomic E-state index is -5.07. The SMILES string of the molecule is CCCC(=O)N(OP(=O)(O)O)S(C)(=O)=O. The highest BCUT2D eigenvalue weighted by molar-refractivity contribution is 7.88. The Bertz CT molecular complexity index is 371. The first-order valence-corrected chi connectivity index (χ1v) is 7.24. The van der Waals surface area contributed by atoms with Crippen LogP contribution in [-0.4, -0.2) is 34.8 Å². The molecule has 0 fully saturated rings. The lowest BCUT2D eigenvalue weighted by Gasteiger charge is -2.18. The van der Waals surface area contributed by atoms with Crippen LogP contribution in [0, 0.1) is 0 Å². The Labute approximate surface area is 87.1 Å². The highest BCUT2D eigenvalue weighted by Crippen LogP contribution is 2.38. The maximum Gasteiger partial charge on any atom is 0.492 e. The van der Waals surface area contributed by atoms with E-state index in [1.807, 2.05) is 0 Å². The van der Waals surface area contributed by atoms with Gasteiger partial charge in [-0.25, -0.2) is 13.0 Å². The van der Waals surface area contributed by atoms with Crippen molar-refractivity contribution in [3.8, 4) is 0 Å². The molecule has 0 bridgehead atoms. The number of carbonyl (C=O) groups excluding carboxylic acids is 1. The van der Waals surface area contributed by atoms with E-state index in [0.29, 0.717) is 12.7 Å². The van der Waals surface area contributed by atoms with Gasteiger partial charge in [0.1, 0.15) is 0 Å². The van der Waals surface area contributed by atoms with Gasteiger partial charge < -0.3 is 9.79 Å². The Kier molecular flexibility index (Phi) is 4.88. The Morgan fingerprint density at radius 1 is 1.47 bits per heavy atom. The van der Waals surface area contributed by atoms with Crippen molar-refractivity contribution in [1.29, 1.82) is 0 Å². The predicted octanol–water partition coefficient (Wildman–Crippen LogP) is -0.401. The summed E-state index contributed by atoms with van der Waals surface area (Å²) in [5.41, 5.74) is 0. The second kappa shape index (κ2) is 5.04. The first-order chi connectivity index (χ1) is 6.58. The van der Waals surface area contributed by atoms with E-state index in [1.165, 1.54) is 0 Å². The largest absolute Gasteiger partial charge is 0.492 e. The topological polar surface area (TPSA) is 121 Å². The second-order valence-corrected chi connectivity index (χ2v) is 5.65. The molecule has 0 aromatic heterocycles. The van der Waals surface area contributed by atoms with Gasteiger partial charge in [0.05, 0.1) is 6.26 Å². The van der Waals surface area contributed by atoms with Gasteiger partial charge in [-0.2, -0.15) is 0 Å². The lowest BCUT2D eigenvalue weighted by molar-refractivity contribution is -0.144. The lowest BCUT2D eigenvalue weighted by Crippen LogP contribution is -2.35. The molecule has 1 amide bonds. The molecular weight excluding hydrogens is 249 g/mol. The Balaban J connectivity index is 4.93. The zero-order valence-corrected chi connectivity index (χ0v) is 9.86. The average molecular weight is 261 g/mol. The highest BCUT2D eigenvalue weighted by atomic mass is 32.2. The van der Waals surface area contributed by atoms with Gasteiger partial charge in [0.25, 0.3) is 15.9 Å². The van der Waals surface area contributed by atoms with Gasteiger partial charge in [-0.3, -0.25) is 4.79 Å². The molecule has 0 saturated carbocycles. The summed E-state index contributed by atoms with van der Waals surface area (Å²) in [4.78, 5) is 27.9. The van der Waals surface area contributed by atoms with Crippen molar-refractivity contribution in [3.05, 3.63) is 0 Å². The van der Waals surface area contributed by atoms with E-state index in [2.05, 4.69) is 4.62 Å². The van der Waals surface area contributed by atoms with Crippen LogP contribution in [0.3, 0.4) is 0 Å². The van der Waals surface area contributed by atoms with Crippen LogP contribution in [0.1, 0.15) is 19.8 Å². The molecule has 0 heterocycles. The van der Waals surface area contributed by atoms with Crippen molar-refractivity contribution in [3.63, 3.8) is 0 Å². The summed E-state index contributed by atoms with van der Waals surface area (Å²) in [6, 6.07) is 0. The van der Waals surface area contributed by atoms with Crippen molar-refractivity contribution < 1.29 is 32.2 Å². The summed E-state index contributed by atoms with van der Waals surface area (Å²) in [6.45, 7) is 1.61. The summed E-state index contributed by atoms with van der Waals surface area (Å²) < 4.78 is 35.8. The average Bonchev–Trinajstić information content (AvgIpc) is 1.97. The molecular formula is C5H12NO7PS. The zero-order valence-electron chi connectivity index (χ0n) is 8.15. The van der Waals surface area contributed by atoms with Crippen LogP contribution in [0.25, 0.3) is 0 Å². The highest BCUT2D eigenvalue weighted by Gasteiger charge is 2.31. The molecule has 8 nitrogen and oxygen atoms in total. The van der Waals surface area contributed by atoms with Crippen LogP contribution >= 0.6 is 7.82 Å². The van der Waals surface area contributed by atoms with Gasteiger partial charge in [0.15, 0.2) is 0 Å². The van der Waals surface area contributed by atoms with Crippen LogP contribution in [0.4, 0.5) is 0 Å². The van der Waals surface area contributed by atoms with E-state index in [1.54, 1.807) is 6.92 Å². The van der Waals surface area contributed by atoms with E-state index in [0.717, 1.165) is 0 Å². The smallest absolute Gasteiger partial charge is 0.301 e. The third kappa shape index (κ3) is 5.85. The van der Waals surface area contributed by atoms with Crippen molar-refractivity contribution >= 4 is 23.8 Å². The van der Waals surface area contributed by atoms with E-state index in [-0.39, 0.29) is 10.9 Å². The minimum Gasteiger partial charge on any atom is -0.301 e. The number of carbonyl (C=O) groups is 1. The number of nitrogens with zero attached hydrogens (tertiary/aromatic N) is 1. The normalized spacial score (nSPS) is 12.5. The van der Waals surface area contributed by atoms with Crippen LogP contribution < -0.4 is 0 Å². The second-order valence-electron chi connectivity index (χ2n) is 2.71. The molecule has 90 valence electrons. The van der Waals surface area contributed by atoms with E-state index >= 15 is 0 Å². The molecule has 0 aliphatic heterocycles. The standard InChI is InChI=1S/C5H12NO7PS/c1-3-4-5(7)6(15(2,11)12)13-14(8,9)10/h3-4H2,1-2H3,(H2,8,9,10). The molecule has 0 rings (SSSR count). The minimum absolute atomic E-state index is 0.187. The monoisotopic (exact) mass is 261 g/mol. The van der Waals surface area contributed by atoms with E-state index < -0.39 is 23.8 Å². The van der Waals surface area contributed by atoms with Crippen molar-refractivity contribution in [2.75, 3.05) is 6.26 Å². The molecule has 0 aliphatic rings. The number of hydrogen-bond donors (Lipinski definition) is 2. The molecule has 2 N–H and O–H groups in total. The van der Waals surface area contributed by atoms with Crippen LogP contribution in [0.2, 0.25) is 0 Å². The van der Waals surface area contributed by atoms with Crippen molar-refractivity contribution in [2.24, 2.45) is 0 Å². The van der Waals surface area contributed by atoms with Gasteiger partial charge in [-0.15, -0.1) is 4.62 Å². The Morgan fingerprint density at radius 3 is 2.20 bits per heavy atom. The third-order valence-corrected chi connectivity index (χ3v) is 2.52. The van der Waals surface area contributed by atoms with E-state index in [9.17, 15) is 17.8 Å². The third-order valence-electron chi connectivity index (χ3n) is 1.15. The molecule has 15 heavy (non-hydrogen) atoms. The first kappa shape index (κ1) is 14.5. The Morgan fingerprint density at radius 2 is 1.93 bits per heavy atom. The van der Waals surface area contributed by atoms with Crippen LogP contribution in [-0.2, 0) is 24.0 Å². The molecule has 0 aromatic rings. The zero-order chi connectivity index (χ0) is 12.3. The summed E-state index contributed by atoms with van der Waals surface area (Å²) in [6.07, 6.45) is 0.749. The molecule has 0 aliphatic carbocycles. The lowest BCUT2D eigenvalue weighted by atomic mass is 10.3. The van der Waals surface area contributed by atoms with Crippen LogP contribution in [0.15, 0.2) is 0 Å². The summed E-state index contributed by atoms with van der Waals surface area (Å²) in [5.74, 6) is -1.02. The molecule has 0 spiro atoms. The van der Waals surface area contributed by atoms with Crippen molar-refractivity contribution in [2.45, 2.75) is 19.8 Å². The maximum absolute atomic E-state index is 11.1. The number of phosphoric acid groups is 1. The fraction of sp³-hybridized carbons (Fsp3) is 0.800. The van der Waals surface area contributed by atoms with Gasteiger partial charge in [0, 0.05) is 6.42 Å². The molecule has 0 saturated heterocycles. The van der Waals surface area contributed by atoms with Crippen molar-refractivity contribution in [1.82, 2.24) is 4.47 Å². The molecule has 0 radical (unpaired) electrons.